The highest BCUT2D eigenvalue weighted by Crippen LogP contribution is 2.44. The first kappa shape index (κ1) is 15.3. The Morgan fingerprint density at radius 2 is 2.00 bits per heavy atom. The van der Waals surface area contributed by atoms with E-state index in [0.717, 1.165) is 29.5 Å². The van der Waals surface area contributed by atoms with Crippen LogP contribution >= 0.6 is 11.8 Å². The zero-order chi connectivity index (χ0) is 17.0. The standard InChI is InChI=1S/C18H20N6S/c1-11-5-17-19-9-14-15-4-3-13(6-16(14)24(17)22-11)23(15)10-12-7-20-18(25-2)21-8-12/h5,7-9,13,15H,3-4,6,10H2,1-2H3/t13-,15+/m1/s1. The van der Waals surface area contributed by atoms with Gasteiger partial charge in [-0.1, -0.05) is 11.8 Å². The van der Waals surface area contributed by atoms with E-state index < -0.39 is 0 Å². The van der Waals surface area contributed by atoms with Gasteiger partial charge in [0.15, 0.2) is 10.8 Å². The maximum absolute atomic E-state index is 4.66. The second kappa shape index (κ2) is 5.78. The van der Waals surface area contributed by atoms with Gasteiger partial charge in [-0.15, -0.1) is 0 Å². The number of nitrogens with zero attached hydrogens (tertiary/aromatic N) is 6. The van der Waals surface area contributed by atoms with Crippen LogP contribution in [0.1, 0.15) is 41.4 Å². The van der Waals surface area contributed by atoms with Gasteiger partial charge in [0.25, 0.3) is 0 Å². The third kappa shape index (κ3) is 2.45. The number of hydrogen-bond acceptors (Lipinski definition) is 6. The predicted octanol–water partition coefficient (Wildman–Crippen LogP) is 2.81. The lowest BCUT2D eigenvalue weighted by Crippen LogP contribution is -2.38. The van der Waals surface area contributed by atoms with Crippen molar-refractivity contribution >= 4 is 17.4 Å². The molecule has 0 aliphatic carbocycles. The van der Waals surface area contributed by atoms with Crippen LogP contribution < -0.4 is 0 Å². The van der Waals surface area contributed by atoms with Crippen molar-refractivity contribution in [1.82, 2.24) is 29.5 Å². The molecular weight excluding hydrogens is 332 g/mol. The first-order valence-corrected chi connectivity index (χ1v) is 9.90. The smallest absolute Gasteiger partial charge is 0.187 e. The minimum Gasteiger partial charge on any atom is -0.289 e. The Bertz CT molecular complexity index is 935. The maximum Gasteiger partial charge on any atom is 0.187 e. The van der Waals surface area contributed by atoms with Crippen LogP contribution in [0.4, 0.5) is 0 Å². The van der Waals surface area contributed by atoms with Crippen LogP contribution in [0, 0.1) is 6.92 Å². The van der Waals surface area contributed by atoms with Gasteiger partial charge in [-0.05, 0) is 26.0 Å². The summed E-state index contributed by atoms with van der Waals surface area (Å²) in [7, 11) is 0. The van der Waals surface area contributed by atoms with Crippen LogP contribution in [0.15, 0.2) is 29.8 Å². The molecular formula is C18H20N6S. The van der Waals surface area contributed by atoms with Crippen molar-refractivity contribution < 1.29 is 0 Å². The summed E-state index contributed by atoms with van der Waals surface area (Å²) >= 11 is 1.58. The van der Waals surface area contributed by atoms with E-state index in [4.69, 9.17) is 0 Å². The SMILES string of the molecule is CSc1ncc(CN2[C@@H]3CC[C@H]2c2cnc4cc(C)nn4c2C3)cn1. The maximum atomic E-state index is 4.66. The average Bonchev–Trinajstić information content (AvgIpc) is 3.13. The van der Waals surface area contributed by atoms with E-state index in [9.17, 15) is 0 Å². The third-order valence-electron chi connectivity index (χ3n) is 5.40. The summed E-state index contributed by atoms with van der Waals surface area (Å²) in [6, 6.07) is 3.04. The molecule has 7 heteroatoms. The number of thioether (sulfide) groups is 1. The number of hydrogen-bond donors (Lipinski definition) is 0. The number of aryl methyl sites for hydroxylation is 1. The predicted molar refractivity (Wildman–Crippen MR) is 96.5 cm³/mol. The highest BCUT2D eigenvalue weighted by molar-refractivity contribution is 7.98. The Labute approximate surface area is 150 Å². The van der Waals surface area contributed by atoms with Crippen molar-refractivity contribution in [3.63, 3.8) is 0 Å². The molecule has 0 amide bonds. The van der Waals surface area contributed by atoms with Gasteiger partial charge in [0, 0.05) is 60.8 Å². The summed E-state index contributed by atoms with van der Waals surface area (Å²) in [5.41, 5.74) is 5.86. The van der Waals surface area contributed by atoms with Gasteiger partial charge in [-0.2, -0.15) is 5.10 Å². The number of aromatic nitrogens is 5. The summed E-state index contributed by atoms with van der Waals surface area (Å²) < 4.78 is 2.06. The Balaban J connectivity index is 1.49. The van der Waals surface area contributed by atoms with Gasteiger partial charge in [0.05, 0.1) is 11.4 Å². The van der Waals surface area contributed by atoms with Crippen LogP contribution in [0.3, 0.4) is 0 Å². The normalized spacial score (nSPS) is 22.5. The van der Waals surface area contributed by atoms with Gasteiger partial charge < -0.3 is 0 Å². The van der Waals surface area contributed by atoms with Crippen molar-refractivity contribution in [3.8, 4) is 0 Å². The van der Waals surface area contributed by atoms with Crippen LogP contribution in [-0.4, -0.2) is 41.8 Å². The lowest BCUT2D eigenvalue weighted by atomic mass is 9.98. The van der Waals surface area contributed by atoms with Crippen molar-refractivity contribution in [3.05, 3.63) is 47.2 Å². The topological polar surface area (TPSA) is 59.2 Å². The molecule has 25 heavy (non-hydrogen) atoms. The van der Waals surface area contributed by atoms with Gasteiger partial charge in [-0.25, -0.2) is 19.5 Å². The van der Waals surface area contributed by atoms with Crippen LogP contribution in [0.5, 0.6) is 0 Å². The molecule has 0 spiro atoms. The number of rotatable bonds is 3. The van der Waals surface area contributed by atoms with E-state index in [1.807, 2.05) is 25.6 Å². The highest BCUT2D eigenvalue weighted by atomic mass is 32.2. The third-order valence-corrected chi connectivity index (χ3v) is 5.97. The lowest BCUT2D eigenvalue weighted by molar-refractivity contribution is 0.164. The highest BCUT2D eigenvalue weighted by Gasteiger charge is 2.41. The molecule has 5 heterocycles. The molecule has 2 aliphatic heterocycles. The second-order valence-corrected chi connectivity index (χ2v) is 7.69. The zero-order valence-corrected chi connectivity index (χ0v) is 15.2. The molecule has 1 saturated heterocycles. The molecule has 5 rings (SSSR count). The van der Waals surface area contributed by atoms with E-state index in [1.54, 1.807) is 11.8 Å². The fourth-order valence-electron chi connectivity index (χ4n) is 4.28. The summed E-state index contributed by atoms with van der Waals surface area (Å²) in [5.74, 6) is 0. The molecule has 2 bridgehead atoms. The first-order valence-electron chi connectivity index (χ1n) is 8.68. The zero-order valence-electron chi connectivity index (χ0n) is 14.4. The molecule has 128 valence electrons. The van der Waals surface area contributed by atoms with Crippen molar-refractivity contribution in [2.75, 3.05) is 6.26 Å². The summed E-state index contributed by atoms with van der Waals surface area (Å²) in [4.78, 5) is 16.1. The fraction of sp³-hybridized carbons (Fsp3) is 0.444. The van der Waals surface area contributed by atoms with Gasteiger partial charge in [-0.3, -0.25) is 4.90 Å². The van der Waals surface area contributed by atoms with E-state index in [2.05, 4.69) is 41.7 Å². The van der Waals surface area contributed by atoms with Crippen LogP contribution in [0.25, 0.3) is 5.65 Å². The number of fused-ring (bicyclic) bond motifs is 6. The van der Waals surface area contributed by atoms with E-state index in [1.165, 1.54) is 29.7 Å². The molecule has 3 aromatic heterocycles. The monoisotopic (exact) mass is 352 g/mol. The minimum atomic E-state index is 0.426. The molecule has 0 N–H and O–H groups in total. The molecule has 0 aromatic carbocycles. The average molecular weight is 352 g/mol. The van der Waals surface area contributed by atoms with E-state index >= 15 is 0 Å². The van der Waals surface area contributed by atoms with Crippen LogP contribution in [0.2, 0.25) is 0 Å². The molecule has 6 nitrogen and oxygen atoms in total. The molecule has 2 aliphatic rings. The van der Waals surface area contributed by atoms with Gasteiger partial charge in [0.2, 0.25) is 0 Å². The molecule has 0 saturated carbocycles. The quantitative estimate of drug-likeness (QED) is 0.534. The molecule has 0 radical (unpaired) electrons. The fourth-order valence-corrected chi connectivity index (χ4v) is 4.60. The molecule has 3 aromatic rings. The molecule has 2 atom stereocenters. The molecule has 1 fully saturated rings. The molecule has 0 unspecified atom stereocenters. The lowest BCUT2D eigenvalue weighted by Gasteiger charge is -2.36. The van der Waals surface area contributed by atoms with Crippen molar-refractivity contribution in [2.24, 2.45) is 0 Å². The van der Waals surface area contributed by atoms with Gasteiger partial charge >= 0.3 is 0 Å². The summed E-state index contributed by atoms with van der Waals surface area (Å²) in [6.07, 6.45) is 11.5. The summed E-state index contributed by atoms with van der Waals surface area (Å²) in [6.45, 7) is 2.93. The van der Waals surface area contributed by atoms with Crippen molar-refractivity contribution in [2.45, 2.75) is 50.0 Å². The van der Waals surface area contributed by atoms with Gasteiger partial charge in [0.1, 0.15) is 0 Å². The second-order valence-electron chi connectivity index (χ2n) is 6.92. The van der Waals surface area contributed by atoms with Crippen LogP contribution in [-0.2, 0) is 13.0 Å². The Morgan fingerprint density at radius 3 is 2.80 bits per heavy atom. The summed E-state index contributed by atoms with van der Waals surface area (Å²) in [5, 5.41) is 5.49. The first-order chi connectivity index (χ1) is 12.2. The Morgan fingerprint density at radius 1 is 1.16 bits per heavy atom. The Kier molecular flexibility index (Phi) is 3.53. The minimum absolute atomic E-state index is 0.426. The largest absolute Gasteiger partial charge is 0.289 e. The van der Waals surface area contributed by atoms with E-state index in [-0.39, 0.29) is 0 Å². The Hall–Kier alpha value is -1.99. The van der Waals surface area contributed by atoms with Crippen molar-refractivity contribution in [1.29, 1.82) is 0 Å². The van der Waals surface area contributed by atoms with E-state index in [0.29, 0.717) is 12.1 Å².